The summed E-state index contributed by atoms with van der Waals surface area (Å²) in [6.07, 6.45) is 2.72. The van der Waals surface area contributed by atoms with Crippen molar-refractivity contribution < 1.29 is 39.0 Å². The van der Waals surface area contributed by atoms with Gasteiger partial charge in [-0.1, -0.05) is 19.1 Å². The third kappa shape index (κ3) is 9.06. The molecule has 2 aliphatic heterocycles. The van der Waals surface area contributed by atoms with Gasteiger partial charge in [0.05, 0.1) is 31.0 Å². The Hall–Kier alpha value is -4.44. The molecule has 0 radical (unpaired) electrons. The molecule has 46 heavy (non-hydrogen) atoms. The third-order valence-electron chi connectivity index (χ3n) is 8.31. The molecule has 0 bridgehead atoms. The SMILES string of the molecule is CCC1NC(C)N([C@@H](CCCCN)C(=O)N2CCC[C@H]2C(=O)NCC(=O)NCC(=O)N[C@@H](Cc2cccc(O)c2N)C(=O)O)C1=O. The molecule has 2 unspecified atom stereocenters. The maximum atomic E-state index is 13.8. The molecule has 5 amide bonds. The number of carboxylic acid groups (broad SMARTS) is 1. The lowest BCUT2D eigenvalue weighted by molar-refractivity contribution is -0.148. The maximum Gasteiger partial charge on any atom is 0.326 e. The Labute approximate surface area is 267 Å². The zero-order valence-electron chi connectivity index (χ0n) is 26.3. The third-order valence-corrected chi connectivity index (χ3v) is 8.31. The van der Waals surface area contributed by atoms with E-state index < -0.39 is 54.9 Å². The van der Waals surface area contributed by atoms with Crippen molar-refractivity contribution in [2.75, 3.05) is 31.9 Å². The molecule has 0 spiro atoms. The molecule has 0 saturated carbocycles. The average Bonchev–Trinajstić information content (AvgIpc) is 3.62. The van der Waals surface area contributed by atoms with Crippen molar-refractivity contribution >= 4 is 41.2 Å². The fourth-order valence-corrected chi connectivity index (χ4v) is 5.86. The summed E-state index contributed by atoms with van der Waals surface area (Å²) in [5.74, 6) is -4.05. The number of carbonyl (C=O) groups is 6. The van der Waals surface area contributed by atoms with E-state index in [0.717, 1.165) is 0 Å². The Kier molecular flexibility index (Phi) is 13.1. The van der Waals surface area contributed by atoms with Crippen LogP contribution in [0.4, 0.5) is 5.69 Å². The van der Waals surface area contributed by atoms with Crippen LogP contribution < -0.4 is 32.7 Å². The number of hydrogen-bond acceptors (Lipinski definition) is 10. The number of likely N-dealkylation sites (tertiary alicyclic amines) is 1. The van der Waals surface area contributed by atoms with Crippen LogP contribution in [0.15, 0.2) is 18.2 Å². The Bertz CT molecular complexity index is 1290. The maximum absolute atomic E-state index is 13.8. The second-order valence-electron chi connectivity index (χ2n) is 11.5. The second-order valence-corrected chi connectivity index (χ2v) is 11.5. The lowest BCUT2D eigenvalue weighted by atomic mass is 10.0. The number of phenolic OH excluding ortho intramolecular Hbond substituents is 1. The van der Waals surface area contributed by atoms with Crippen LogP contribution in [0.1, 0.15) is 57.9 Å². The standard InChI is InChI=1S/C30H46N8O8/c1-3-19-28(43)38(17(2)35-19)22(9-4-5-12-31)29(44)37-13-7-10-21(37)27(42)34-15-24(40)33-16-25(41)36-20(30(45)46)14-18-8-6-11-23(39)26(18)32/h6,8,11,17,19-22,35,39H,3-5,7,9-10,12-16,31-32H2,1-2H3,(H,33,40)(H,34,42)(H,36,41)(H,45,46)/t17?,19?,20-,21-,22-/m0/s1. The minimum Gasteiger partial charge on any atom is -0.506 e. The highest BCUT2D eigenvalue weighted by Gasteiger charge is 2.45. The van der Waals surface area contributed by atoms with Crippen molar-refractivity contribution in [2.45, 2.75) is 89.1 Å². The normalized spacial score (nSPS) is 20.7. The van der Waals surface area contributed by atoms with Gasteiger partial charge in [-0.05, 0) is 63.6 Å². The number of hydrogen-bond donors (Lipinski definition) is 8. The van der Waals surface area contributed by atoms with Crippen LogP contribution in [0, 0.1) is 0 Å². The van der Waals surface area contributed by atoms with Gasteiger partial charge in [-0.3, -0.25) is 29.3 Å². The zero-order valence-corrected chi connectivity index (χ0v) is 26.3. The minimum atomic E-state index is -1.37. The first kappa shape index (κ1) is 36.0. The molecule has 10 N–H and O–H groups in total. The molecule has 2 heterocycles. The first-order valence-electron chi connectivity index (χ1n) is 15.6. The molecular weight excluding hydrogens is 600 g/mol. The lowest BCUT2D eigenvalue weighted by Crippen LogP contribution is -2.56. The summed E-state index contributed by atoms with van der Waals surface area (Å²) >= 11 is 0. The smallest absolute Gasteiger partial charge is 0.326 e. The summed E-state index contributed by atoms with van der Waals surface area (Å²) in [7, 11) is 0. The summed E-state index contributed by atoms with van der Waals surface area (Å²) in [6.45, 7) is 3.47. The van der Waals surface area contributed by atoms with Crippen LogP contribution in [0.3, 0.4) is 0 Å². The fourth-order valence-electron chi connectivity index (χ4n) is 5.86. The monoisotopic (exact) mass is 646 g/mol. The molecule has 2 aliphatic rings. The van der Waals surface area contributed by atoms with E-state index in [1.165, 1.54) is 23.1 Å². The van der Waals surface area contributed by atoms with Gasteiger partial charge in [0.2, 0.25) is 29.5 Å². The van der Waals surface area contributed by atoms with Crippen molar-refractivity contribution in [3.63, 3.8) is 0 Å². The van der Waals surface area contributed by atoms with Crippen molar-refractivity contribution in [1.29, 1.82) is 0 Å². The number of carbonyl (C=O) groups excluding carboxylic acids is 5. The van der Waals surface area contributed by atoms with Crippen LogP contribution in [0.25, 0.3) is 0 Å². The van der Waals surface area contributed by atoms with E-state index in [1.807, 2.05) is 13.8 Å². The summed E-state index contributed by atoms with van der Waals surface area (Å²) in [5, 5.41) is 29.6. The number of para-hydroxylation sites is 1. The number of carboxylic acids is 1. The average molecular weight is 647 g/mol. The Morgan fingerprint density at radius 1 is 1.11 bits per heavy atom. The summed E-state index contributed by atoms with van der Waals surface area (Å²) in [4.78, 5) is 79.6. The molecule has 1 aromatic carbocycles. The van der Waals surface area contributed by atoms with Gasteiger partial charge in [0, 0.05) is 13.0 Å². The lowest BCUT2D eigenvalue weighted by Gasteiger charge is -2.35. The quantitative estimate of drug-likeness (QED) is 0.0575. The largest absolute Gasteiger partial charge is 0.506 e. The number of benzene rings is 1. The highest BCUT2D eigenvalue weighted by Crippen LogP contribution is 2.26. The van der Waals surface area contributed by atoms with Gasteiger partial charge in [-0.2, -0.15) is 0 Å². The highest BCUT2D eigenvalue weighted by molar-refractivity contribution is 5.95. The number of anilines is 1. The molecule has 0 aliphatic carbocycles. The van der Waals surface area contributed by atoms with Crippen LogP contribution >= 0.6 is 0 Å². The number of nitrogens with one attached hydrogen (secondary N) is 4. The van der Waals surface area contributed by atoms with E-state index in [-0.39, 0.29) is 41.9 Å². The number of nitrogens with zero attached hydrogens (tertiary/aromatic N) is 2. The van der Waals surface area contributed by atoms with Gasteiger partial charge in [0.1, 0.15) is 23.9 Å². The molecule has 254 valence electrons. The van der Waals surface area contributed by atoms with Crippen LogP contribution in [0.5, 0.6) is 5.75 Å². The van der Waals surface area contributed by atoms with Gasteiger partial charge in [0.25, 0.3) is 0 Å². The number of aromatic hydroxyl groups is 1. The van der Waals surface area contributed by atoms with Gasteiger partial charge in [-0.15, -0.1) is 0 Å². The Morgan fingerprint density at radius 3 is 2.48 bits per heavy atom. The molecule has 16 nitrogen and oxygen atoms in total. The van der Waals surface area contributed by atoms with Gasteiger partial charge in [0.15, 0.2) is 0 Å². The van der Waals surface area contributed by atoms with Crippen molar-refractivity contribution in [2.24, 2.45) is 5.73 Å². The molecule has 1 aromatic rings. The first-order valence-corrected chi connectivity index (χ1v) is 15.6. The molecular formula is C30H46N8O8. The van der Waals surface area contributed by atoms with E-state index >= 15 is 0 Å². The van der Waals surface area contributed by atoms with Crippen LogP contribution in [-0.4, -0.2) is 112 Å². The molecule has 16 heteroatoms. The summed E-state index contributed by atoms with van der Waals surface area (Å²) in [6, 6.07) is 1.02. The number of rotatable bonds is 16. The first-order chi connectivity index (χ1) is 21.9. The Balaban J connectivity index is 1.54. The van der Waals surface area contributed by atoms with E-state index in [0.29, 0.717) is 57.2 Å². The molecule has 0 aromatic heterocycles. The van der Waals surface area contributed by atoms with E-state index in [2.05, 4.69) is 21.3 Å². The number of unbranched alkanes of at least 4 members (excludes halogenated alkanes) is 1. The van der Waals surface area contributed by atoms with Gasteiger partial charge in [-0.25, -0.2) is 4.79 Å². The molecule has 2 fully saturated rings. The van der Waals surface area contributed by atoms with Gasteiger partial charge >= 0.3 is 5.97 Å². The zero-order chi connectivity index (χ0) is 34.0. The number of aliphatic carboxylic acids is 1. The predicted octanol–water partition coefficient (Wildman–Crippen LogP) is -1.64. The predicted molar refractivity (Wildman–Crippen MR) is 167 cm³/mol. The molecule has 5 atom stereocenters. The second kappa shape index (κ2) is 16.7. The number of phenols is 1. The van der Waals surface area contributed by atoms with E-state index in [1.54, 1.807) is 4.90 Å². The Morgan fingerprint density at radius 2 is 1.83 bits per heavy atom. The van der Waals surface area contributed by atoms with Crippen LogP contribution in [0.2, 0.25) is 0 Å². The van der Waals surface area contributed by atoms with Crippen molar-refractivity contribution in [1.82, 2.24) is 31.1 Å². The molecule has 3 rings (SSSR count). The minimum absolute atomic E-state index is 0.00193. The number of nitrogen functional groups attached to an aromatic ring is 1. The van der Waals surface area contributed by atoms with Gasteiger partial charge < -0.3 is 47.4 Å². The molecule has 2 saturated heterocycles. The highest BCUT2D eigenvalue weighted by atomic mass is 16.4. The van der Waals surface area contributed by atoms with Crippen molar-refractivity contribution in [3.05, 3.63) is 23.8 Å². The number of nitrogens with two attached hydrogens (primary N) is 2. The van der Waals surface area contributed by atoms with Crippen LogP contribution in [-0.2, 0) is 35.2 Å². The van der Waals surface area contributed by atoms with E-state index in [4.69, 9.17) is 11.5 Å². The summed E-state index contributed by atoms with van der Waals surface area (Å²) < 4.78 is 0. The fraction of sp³-hybridized carbons (Fsp3) is 0.600. The topological polar surface area (TPSA) is 250 Å². The van der Waals surface area contributed by atoms with E-state index in [9.17, 15) is 39.0 Å². The van der Waals surface area contributed by atoms with Crippen molar-refractivity contribution in [3.8, 4) is 5.75 Å². The summed E-state index contributed by atoms with van der Waals surface area (Å²) in [5.41, 5.74) is 11.8. The number of amides is 5.